The third-order valence-corrected chi connectivity index (χ3v) is 3.77. The Morgan fingerprint density at radius 1 is 1.40 bits per heavy atom. The molecule has 2 amide bonds. The van der Waals surface area contributed by atoms with Gasteiger partial charge in [0.15, 0.2) is 0 Å². The monoisotopic (exact) mass is 276 g/mol. The SMILES string of the molecule is CC1(C)CC1CNC(=O)Nc1cccc(CC(=O)O)c1. The molecule has 3 N–H and O–H groups in total. The molecule has 0 spiro atoms. The summed E-state index contributed by atoms with van der Waals surface area (Å²) in [6, 6.07) is 6.63. The Morgan fingerprint density at radius 2 is 2.10 bits per heavy atom. The highest BCUT2D eigenvalue weighted by atomic mass is 16.4. The molecule has 2 rings (SSSR count). The molecule has 0 aromatic heterocycles. The second-order valence-corrected chi connectivity index (χ2v) is 6.00. The number of carboxylic acid groups (broad SMARTS) is 1. The van der Waals surface area contributed by atoms with E-state index in [-0.39, 0.29) is 12.5 Å². The van der Waals surface area contributed by atoms with Gasteiger partial charge in [0.2, 0.25) is 0 Å². The van der Waals surface area contributed by atoms with Crippen LogP contribution in [0.2, 0.25) is 0 Å². The Hall–Kier alpha value is -2.04. The maximum atomic E-state index is 11.8. The van der Waals surface area contributed by atoms with Crippen molar-refractivity contribution in [3.8, 4) is 0 Å². The summed E-state index contributed by atoms with van der Waals surface area (Å²) in [7, 11) is 0. The van der Waals surface area contributed by atoms with E-state index in [1.807, 2.05) is 0 Å². The number of carboxylic acids is 1. The first-order valence-electron chi connectivity index (χ1n) is 6.72. The second kappa shape index (κ2) is 5.53. The van der Waals surface area contributed by atoms with Gasteiger partial charge in [0.1, 0.15) is 0 Å². The fourth-order valence-electron chi connectivity index (χ4n) is 2.25. The van der Waals surface area contributed by atoms with Gasteiger partial charge in [-0.15, -0.1) is 0 Å². The number of aliphatic carboxylic acids is 1. The van der Waals surface area contributed by atoms with Gasteiger partial charge in [-0.2, -0.15) is 0 Å². The molecule has 1 fully saturated rings. The zero-order chi connectivity index (χ0) is 14.8. The molecule has 0 heterocycles. The van der Waals surface area contributed by atoms with Crippen molar-refractivity contribution in [3.05, 3.63) is 29.8 Å². The van der Waals surface area contributed by atoms with Crippen LogP contribution in [0.4, 0.5) is 10.5 Å². The molecule has 108 valence electrons. The van der Waals surface area contributed by atoms with E-state index in [2.05, 4.69) is 24.5 Å². The summed E-state index contributed by atoms with van der Waals surface area (Å²) >= 11 is 0. The van der Waals surface area contributed by atoms with Crippen molar-refractivity contribution in [3.63, 3.8) is 0 Å². The quantitative estimate of drug-likeness (QED) is 0.773. The molecule has 0 saturated heterocycles. The zero-order valence-electron chi connectivity index (χ0n) is 11.8. The smallest absolute Gasteiger partial charge is 0.319 e. The van der Waals surface area contributed by atoms with E-state index in [0.29, 0.717) is 29.1 Å². The van der Waals surface area contributed by atoms with Crippen molar-refractivity contribution in [2.24, 2.45) is 11.3 Å². The molecule has 1 atom stereocenters. The normalized spacial score (nSPS) is 19.2. The Bertz CT molecular complexity index is 526. The number of benzene rings is 1. The largest absolute Gasteiger partial charge is 0.481 e. The first kappa shape index (κ1) is 14.4. The van der Waals surface area contributed by atoms with E-state index >= 15 is 0 Å². The third kappa shape index (κ3) is 3.98. The lowest BCUT2D eigenvalue weighted by atomic mass is 10.1. The van der Waals surface area contributed by atoms with Crippen LogP contribution in [0.15, 0.2) is 24.3 Å². The summed E-state index contributed by atoms with van der Waals surface area (Å²) in [6.07, 6.45) is 1.09. The standard InChI is InChI=1S/C15H20N2O3/c1-15(2)8-11(15)9-16-14(20)17-12-5-3-4-10(6-12)7-13(18)19/h3-6,11H,7-9H2,1-2H3,(H,18,19)(H2,16,17,20). The first-order chi connectivity index (χ1) is 9.37. The van der Waals surface area contributed by atoms with Crippen LogP contribution < -0.4 is 10.6 Å². The fourth-order valence-corrected chi connectivity index (χ4v) is 2.25. The maximum absolute atomic E-state index is 11.8. The summed E-state index contributed by atoms with van der Waals surface area (Å²) in [5.41, 5.74) is 1.62. The van der Waals surface area contributed by atoms with Crippen molar-refractivity contribution in [1.29, 1.82) is 0 Å². The van der Waals surface area contributed by atoms with E-state index in [1.165, 1.54) is 0 Å². The number of urea groups is 1. The molecule has 5 heteroatoms. The highest BCUT2D eigenvalue weighted by Crippen LogP contribution is 2.50. The highest BCUT2D eigenvalue weighted by Gasteiger charge is 2.45. The minimum Gasteiger partial charge on any atom is -0.481 e. The molecular formula is C15H20N2O3. The van der Waals surface area contributed by atoms with E-state index in [4.69, 9.17) is 5.11 Å². The lowest BCUT2D eigenvalue weighted by molar-refractivity contribution is -0.136. The Morgan fingerprint density at radius 3 is 2.70 bits per heavy atom. The number of rotatable bonds is 5. The van der Waals surface area contributed by atoms with Crippen molar-refractivity contribution < 1.29 is 14.7 Å². The predicted molar refractivity (Wildman–Crippen MR) is 76.7 cm³/mol. The fraction of sp³-hybridized carbons (Fsp3) is 0.467. The third-order valence-electron chi connectivity index (χ3n) is 3.77. The van der Waals surface area contributed by atoms with Crippen LogP contribution in [0.3, 0.4) is 0 Å². The zero-order valence-corrected chi connectivity index (χ0v) is 11.8. The van der Waals surface area contributed by atoms with Crippen LogP contribution in [-0.2, 0) is 11.2 Å². The number of hydrogen-bond acceptors (Lipinski definition) is 2. The molecule has 1 aliphatic rings. The number of hydrogen-bond donors (Lipinski definition) is 3. The average molecular weight is 276 g/mol. The minimum atomic E-state index is -0.887. The summed E-state index contributed by atoms with van der Waals surface area (Å²) in [6.45, 7) is 5.05. The predicted octanol–water partition coefficient (Wildman–Crippen LogP) is 2.48. The van der Waals surface area contributed by atoms with Crippen molar-refractivity contribution in [1.82, 2.24) is 5.32 Å². The number of anilines is 1. The van der Waals surface area contributed by atoms with Gasteiger partial charge in [-0.3, -0.25) is 4.79 Å². The van der Waals surface area contributed by atoms with Gasteiger partial charge in [0, 0.05) is 12.2 Å². The molecule has 1 unspecified atom stereocenters. The van der Waals surface area contributed by atoms with Crippen LogP contribution in [0.25, 0.3) is 0 Å². The molecule has 1 aliphatic carbocycles. The number of nitrogens with one attached hydrogen (secondary N) is 2. The van der Waals surface area contributed by atoms with E-state index < -0.39 is 5.97 Å². The maximum Gasteiger partial charge on any atom is 0.319 e. The lowest BCUT2D eigenvalue weighted by Gasteiger charge is -2.09. The van der Waals surface area contributed by atoms with Crippen LogP contribution >= 0.6 is 0 Å². The summed E-state index contributed by atoms with van der Waals surface area (Å²) in [5, 5.41) is 14.3. The van der Waals surface area contributed by atoms with Gasteiger partial charge in [0.05, 0.1) is 6.42 Å². The van der Waals surface area contributed by atoms with E-state index in [0.717, 1.165) is 6.42 Å². The van der Waals surface area contributed by atoms with Gasteiger partial charge in [-0.05, 0) is 35.4 Å². The minimum absolute atomic E-state index is 0.0482. The second-order valence-electron chi connectivity index (χ2n) is 6.00. The van der Waals surface area contributed by atoms with Crippen molar-refractivity contribution in [2.75, 3.05) is 11.9 Å². The molecule has 1 saturated carbocycles. The molecular weight excluding hydrogens is 256 g/mol. The Labute approximate surface area is 118 Å². The van der Waals surface area contributed by atoms with Gasteiger partial charge in [-0.25, -0.2) is 4.79 Å². The summed E-state index contributed by atoms with van der Waals surface area (Å²) < 4.78 is 0. The van der Waals surface area contributed by atoms with Crippen LogP contribution in [0.1, 0.15) is 25.8 Å². The van der Waals surface area contributed by atoms with Crippen LogP contribution in [0, 0.1) is 11.3 Å². The Kier molecular flexibility index (Phi) is 3.97. The molecule has 0 radical (unpaired) electrons. The summed E-state index contributed by atoms with van der Waals surface area (Å²) in [4.78, 5) is 22.4. The number of carbonyl (C=O) groups excluding carboxylic acids is 1. The molecule has 5 nitrogen and oxygen atoms in total. The lowest BCUT2D eigenvalue weighted by Crippen LogP contribution is -2.31. The van der Waals surface area contributed by atoms with E-state index in [9.17, 15) is 9.59 Å². The number of carbonyl (C=O) groups is 2. The molecule has 0 bridgehead atoms. The highest BCUT2D eigenvalue weighted by molar-refractivity contribution is 5.89. The molecule has 20 heavy (non-hydrogen) atoms. The topological polar surface area (TPSA) is 78.4 Å². The van der Waals surface area contributed by atoms with Crippen LogP contribution in [-0.4, -0.2) is 23.7 Å². The van der Waals surface area contributed by atoms with Gasteiger partial charge in [0.25, 0.3) is 0 Å². The Balaban J connectivity index is 1.83. The van der Waals surface area contributed by atoms with Crippen LogP contribution in [0.5, 0.6) is 0 Å². The average Bonchev–Trinajstić information content (AvgIpc) is 2.94. The first-order valence-corrected chi connectivity index (χ1v) is 6.72. The van der Waals surface area contributed by atoms with Gasteiger partial charge in [-0.1, -0.05) is 26.0 Å². The molecule has 1 aromatic rings. The summed E-state index contributed by atoms with van der Waals surface area (Å²) in [5.74, 6) is -0.339. The number of amides is 2. The molecule has 1 aromatic carbocycles. The van der Waals surface area contributed by atoms with Gasteiger partial charge >= 0.3 is 12.0 Å². The molecule has 0 aliphatic heterocycles. The van der Waals surface area contributed by atoms with Gasteiger partial charge < -0.3 is 15.7 Å². The van der Waals surface area contributed by atoms with Crippen molar-refractivity contribution >= 4 is 17.7 Å². The van der Waals surface area contributed by atoms with Crippen molar-refractivity contribution in [2.45, 2.75) is 26.7 Å². The van der Waals surface area contributed by atoms with E-state index in [1.54, 1.807) is 24.3 Å².